The number of ether oxygens (including phenoxy) is 1. The molecule has 1 aromatic rings. The number of hydrogen-bond donors (Lipinski definition) is 0. The van der Waals surface area contributed by atoms with Crippen molar-refractivity contribution in [2.75, 3.05) is 18.6 Å². The average molecular weight is 324 g/mol. The van der Waals surface area contributed by atoms with Crippen molar-refractivity contribution in [2.45, 2.75) is 11.4 Å². The van der Waals surface area contributed by atoms with E-state index >= 15 is 0 Å². The molecule has 1 rings (SSSR count). The molecule has 0 amide bonds. The van der Waals surface area contributed by atoms with Crippen molar-refractivity contribution in [2.24, 2.45) is 0 Å². The minimum atomic E-state index is 0.0456. The van der Waals surface area contributed by atoms with Crippen LogP contribution in [0.2, 0.25) is 4.47 Å². The van der Waals surface area contributed by atoms with E-state index < -0.39 is 0 Å². The monoisotopic (exact) mass is 326 g/mol. The van der Waals surface area contributed by atoms with E-state index in [2.05, 4.69) is 31.2 Å². The second-order valence-corrected chi connectivity index (χ2v) is 7.45. The second kappa shape index (κ2) is 7.45. The van der Waals surface area contributed by atoms with Crippen molar-refractivity contribution in [3.05, 3.63) is 24.3 Å². The molecular formula is C11H16OSTe. The standard InChI is InChI=1S/C11H16OSTe/c1-3-13-8-9-14-11-6-4-10(12-2)5-7-11/h4-7H,3,8-9H2,1-2H3. The molecule has 0 aromatic heterocycles. The Morgan fingerprint density at radius 1 is 1.29 bits per heavy atom. The Labute approximate surface area is 101 Å². The van der Waals surface area contributed by atoms with E-state index in [0.717, 1.165) is 5.75 Å². The van der Waals surface area contributed by atoms with Gasteiger partial charge in [0.2, 0.25) is 0 Å². The van der Waals surface area contributed by atoms with Crippen LogP contribution in [0.25, 0.3) is 0 Å². The van der Waals surface area contributed by atoms with Crippen LogP contribution in [0.1, 0.15) is 6.92 Å². The molecule has 1 nitrogen and oxygen atoms in total. The van der Waals surface area contributed by atoms with Crippen LogP contribution in [0.4, 0.5) is 0 Å². The molecule has 0 fully saturated rings. The van der Waals surface area contributed by atoms with Crippen LogP contribution in [0, 0.1) is 0 Å². The summed E-state index contributed by atoms with van der Waals surface area (Å²) < 4.78 is 8.06. The summed E-state index contributed by atoms with van der Waals surface area (Å²) in [5.41, 5.74) is 0. The predicted molar refractivity (Wildman–Crippen MR) is 66.2 cm³/mol. The SMILES string of the molecule is CCSCC[Te]c1ccc(OC)cc1. The van der Waals surface area contributed by atoms with E-state index in [1.54, 1.807) is 7.11 Å². The Balaban J connectivity index is 2.29. The van der Waals surface area contributed by atoms with Crippen molar-refractivity contribution in [3.8, 4) is 5.75 Å². The zero-order chi connectivity index (χ0) is 10.2. The molecule has 0 aliphatic carbocycles. The van der Waals surface area contributed by atoms with Crippen LogP contribution in [-0.4, -0.2) is 39.5 Å². The first-order valence-electron chi connectivity index (χ1n) is 4.71. The fraction of sp³-hybridized carbons (Fsp3) is 0.455. The molecule has 14 heavy (non-hydrogen) atoms. The van der Waals surface area contributed by atoms with Crippen molar-refractivity contribution in [3.63, 3.8) is 0 Å². The number of rotatable bonds is 6. The summed E-state index contributed by atoms with van der Waals surface area (Å²) in [5, 5.41) is 0. The van der Waals surface area contributed by atoms with Crippen molar-refractivity contribution >= 4 is 36.3 Å². The summed E-state index contributed by atoms with van der Waals surface area (Å²) in [6.07, 6.45) is 0. The summed E-state index contributed by atoms with van der Waals surface area (Å²) in [6, 6.07) is 8.54. The van der Waals surface area contributed by atoms with Gasteiger partial charge in [0.1, 0.15) is 0 Å². The van der Waals surface area contributed by atoms with Crippen molar-refractivity contribution in [1.82, 2.24) is 0 Å². The average Bonchev–Trinajstić information content (AvgIpc) is 2.25. The predicted octanol–water partition coefficient (Wildman–Crippen LogP) is 2.20. The van der Waals surface area contributed by atoms with Crippen LogP contribution in [0.5, 0.6) is 5.75 Å². The van der Waals surface area contributed by atoms with Gasteiger partial charge in [-0.25, -0.2) is 0 Å². The van der Waals surface area contributed by atoms with Gasteiger partial charge in [0, 0.05) is 0 Å². The van der Waals surface area contributed by atoms with E-state index in [9.17, 15) is 0 Å². The maximum absolute atomic E-state index is 5.12. The van der Waals surface area contributed by atoms with Crippen LogP contribution >= 0.6 is 11.8 Å². The molecular weight excluding hydrogens is 308 g/mol. The summed E-state index contributed by atoms with van der Waals surface area (Å²) in [5.74, 6) is 3.53. The first-order valence-corrected chi connectivity index (χ1v) is 8.68. The Hall–Kier alpha value is 0.160. The third-order valence-corrected chi connectivity index (χ3v) is 6.36. The summed E-state index contributed by atoms with van der Waals surface area (Å²) in [4.78, 5) is 0. The second-order valence-electron chi connectivity index (χ2n) is 2.72. The molecule has 0 heterocycles. The molecule has 0 saturated heterocycles. The summed E-state index contributed by atoms with van der Waals surface area (Å²) >= 11 is 2.09. The molecule has 0 bridgehead atoms. The Bertz CT molecular complexity index is 248. The first-order chi connectivity index (χ1) is 6.86. The normalized spacial score (nSPS) is 10.1. The van der Waals surface area contributed by atoms with Gasteiger partial charge in [0.25, 0.3) is 0 Å². The van der Waals surface area contributed by atoms with Gasteiger partial charge in [-0.2, -0.15) is 0 Å². The van der Waals surface area contributed by atoms with E-state index in [4.69, 9.17) is 4.74 Å². The van der Waals surface area contributed by atoms with Gasteiger partial charge in [-0.15, -0.1) is 0 Å². The van der Waals surface area contributed by atoms with E-state index in [-0.39, 0.29) is 20.9 Å². The topological polar surface area (TPSA) is 9.23 Å². The van der Waals surface area contributed by atoms with E-state index in [0.29, 0.717) is 0 Å². The molecule has 0 saturated carbocycles. The third-order valence-electron chi connectivity index (χ3n) is 1.76. The molecule has 3 heteroatoms. The fourth-order valence-electron chi connectivity index (χ4n) is 1.03. The van der Waals surface area contributed by atoms with Gasteiger partial charge < -0.3 is 0 Å². The van der Waals surface area contributed by atoms with E-state index in [1.807, 2.05) is 11.8 Å². The Morgan fingerprint density at radius 3 is 2.57 bits per heavy atom. The molecule has 0 N–H and O–H groups in total. The van der Waals surface area contributed by atoms with Gasteiger partial charge in [-0.05, 0) is 0 Å². The molecule has 0 aliphatic heterocycles. The van der Waals surface area contributed by atoms with Crippen LogP contribution in [0.15, 0.2) is 24.3 Å². The molecule has 78 valence electrons. The molecule has 0 atom stereocenters. The van der Waals surface area contributed by atoms with Gasteiger partial charge >= 0.3 is 101 Å². The van der Waals surface area contributed by atoms with E-state index in [1.165, 1.54) is 19.6 Å². The minimum absolute atomic E-state index is 0.0456. The Kier molecular flexibility index (Phi) is 6.51. The number of hydrogen-bond acceptors (Lipinski definition) is 2. The van der Waals surface area contributed by atoms with Gasteiger partial charge in [-0.1, -0.05) is 0 Å². The molecule has 0 radical (unpaired) electrons. The fourth-order valence-corrected chi connectivity index (χ4v) is 4.86. The molecule has 0 spiro atoms. The molecule has 0 aliphatic rings. The third kappa shape index (κ3) is 4.59. The van der Waals surface area contributed by atoms with Crippen molar-refractivity contribution in [1.29, 1.82) is 0 Å². The summed E-state index contributed by atoms with van der Waals surface area (Å²) in [6.45, 7) is 2.22. The summed E-state index contributed by atoms with van der Waals surface area (Å²) in [7, 11) is 1.71. The first kappa shape index (κ1) is 12.2. The Morgan fingerprint density at radius 2 is 2.00 bits per heavy atom. The quantitative estimate of drug-likeness (QED) is 0.586. The van der Waals surface area contributed by atoms with Crippen LogP contribution < -0.4 is 8.35 Å². The van der Waals surface area contributed by atoms with Gasteiger partial charge in [0.15, 0.2) is 0 Å². The van der Waals surface area contributed by atoms with Gasteiger partial charge in [-0.3, -0.25) is 0 Å². The zero-order valence-electron chi connectivity index (χ0n) is 8.66. The zero-order valence-corrected chi connectivity index (χ0v) is 11.8. The molecule has 0 unspecified atom stereocenters. The maximum atomic E-state index is 5.12. The number of thioether (sulfide) groups is 1. The number of benzene rings is 1. The molecule has 1 aromatic carbocycles. The van der Waals surface area contributed by atoms with Gasteiger partial charge in [0.05, 0.1) is 0 Å². The van der Waals surface area contributed by atoms with Crippen LogP contribution in [0.3, 0.4) is 0 Å². The van der Waals surface area contributed by atoms with Crippen LogP contribution in [-0.2, 0) is 0 Å². The number of methoxy groups -OCH3 is 1. The van der Waals surface area contributed by atoms with Crippen molar-refractivity contribution < 1.29 is 4.74 Å².